The molecule has 1 atom stereocenters. The van der Waals surface area contributed by atoms with E-state index in [4.69, 9.17) is 9.47 Å². The normalized spacial score (nSPS) is 12.7. The fourth-order valence-corrected chi connectivity index (χ4v) is 3.79. The topological polar surface area (TPSA) is 64.6 Å². The summed E-state index contributed by atoms with van der Waals surface area (Å²) in [7, 11) is -0.708. The molecule has 0 radical (unpaired) electrons. The number of methoxy groups -OCH3 is 2. The lowest BCUT2D eigenvalue weighted by molar-refractivity contribution is 0.401. The first-order chi connectivity index (χ1) is 10.9. The van der Waals surface area contributed by atoms with Crippen molar-refractivity contribution in [2.24, 2.45) is 0 Å². The number of ether oxygens (including phenoxy) is 2. The smallest absolute Gasteiger partial charge is 0.244 e. The van der Waals surface area contributed by atoms with Crippen molar-refractivity contribution in [2.75, 3.05) is 14.2 Å². The molecular weight excluding hydrogens is 314 g/mol. The molecule has 124 valence electrons. The zero-order valence-electron chi connectivity index (χ0n) is 13.7. The summed E-state index contributed by atoms with van der Waals surface area (Å²) in [4.78, 5) is 0.112. The molecule has 0 bridgehead atoms. The second-order valence-corrected chi connectivity index (χ2v) is 6.92. The van der Waals surface area contributed by atoms with Gasteiger partial charge in [0.1, 0.15) is 16.4 Å². The SMILES string of the molecule is COc1ccc(C)cc1C(C)NS(=O)(=O)c1ccccc1OC. The van der Waals surface area contributed by atoms with Gasteiger partial charge in [-0.15, -0.1) is 0 Å². The largest absolute Gasteiger partial charge is 0.496 e. The lowest BCUT2D eigenvalue weighted by Gasteiger charge is -2.19. The first-order valence-electron chi connectivity index (χ1n) is 7.19. The summed E-state index contributed by atoms with van der Waals surface area (Å²) in [6.45, 7) is 3.73. The van der Waals surface area contributed by atoms with Crippen LogP contribution >= 0.6 is 0 Å². The summed E-state index contributed by atoms with van der Waals surface area (Å²) in [6, 6.07) is 11.7. The van der Waals surface area contributed by atoms with Crippen molar-refractivity contribution in [1.29, 1.82) is 0 Å². The molecule has 23 heavy (non-hydrogen) atoms. The van der Waals surface area contributed by atoms with E-state index < -0.39 is 16.1 Å². The molecule has 0 spiro atoms. The van der Waals surface area contributed by atoms with E-state index in [1.165, 1.54) is 13.2 Å². The highest BCUT2D eigenvalue weighted by atomic mass is 32.2. The van der Waals surface area contributed by atoms with Gasteiger partial charge in [0.2, 0.25) is 10.0 Å². The summed E-state index contributed by atoms with van der Waals surface area (Å²) >= 11 is 0. The van der Waals surface area contributed by atoms with Crippen molar-refractivity contribution in [3.63, 3.8) is 0 Å². The van der Waals surface area contributed by atoms with Crippen LogP contribution in [0.15, 0.2) is 47.4 Å². The van der Waals surface area contributed by atoms with Gasteiger partial charge in [0.15, 0.2) is 0 Å². The van der Waals surface area contributed by atoms with Gasteiger partial charge in [-0.1, -0.05) is 29.8 Å². The second kappa shape index (κ2) is 7.02. The first-order valence-corrected chi connectivity index (χ1v) is 8.67. The second-order valence-electron chi connectivity index (χ2n) is 5.24. The molecule has 0 saturated heterocycles. The fraction of sp³-hybridized carbons (Fsp3) is 0.294. The molecule has 0 heterocycles. The van der Waals surface area contributed by atoms with Crippen LogP contribution in [0.3, 0.4) is 0 Å². The monoisotopic (exact) mass is 335 g/mol. The molecule has 0 aliphatic carbocycles. The predicted octanol–water partition coefficient (Wildman–Crippen LogP) is 3.05. The molecule has 0 aliphatic rings. The van der Waals surface area contributed by atoms with Crippen molar-refractivity contribution in [2.45, 2.75) is 24.8 Å². The maximum Gasteiger partial charge on any atom is 0.244 e. The van der Waals surface area contributed by atoms with Crippen LogP contribution in [0.25, 0.3) is 0 Å². The summed E-state index contributed by atoms with van der Waals surface area (Å²) in [5.74, 6) is 0.953. The Morgan fingerprint density at radius 2 is 1.65 bits per heavy atom. The van der Waals surface area contributed by atoms with Gasteiger partial charge in [-0.2, -0.15) is 0 Å². The van der Waals surface area contributed by atoms with Gasteiger partial charge >= 0.3 is 0 Å². The van der Waals surface area contributed by atoms with Crippen LogP contribution in [0.2, 0.25) is 0 Å². The average Bonchev–Trinajstić information content (AvgIpc) is 2.54. The van der Waals surface area contributed by atoms with Gasteiger partial charge in [-0.25, -0.2) is 13.1 Å². The maximum absolute atomic E-state index is 12.6. The molecule has 2 rings (SSSR count). The van der Waals surface area contributed by atoms with Crippen LogP contribution in [0, 0.1) is 6.92 Å². The van der Waals surface area contributed by atoms with Crippen LogP contribution in [0.5, 0.6) is 11.5 Å². The standard InChI is InChI=1S/C17H21NO4S/c1-12-9-10-15(21-3)14(11-12)13(2)18-23(19,20)17-8-6-5-7-16(17)22-4/h5-11,13,18H,1-4H3. The molecule has 1 unspecified atom stereocenters. The number of rotatable bonds is 6. The Hall–Kier alpha value is -2.05. The lowest BCUT2D eigenvalue weighted by Crippen LogP contribution is -2.27. The van der Waals surface area contributed by atoms with Gasteiger partial charge in [0.05, 0.1) is 14.2 Å². The fourth-order valence-electron chi connectivity index (χ4n) is 2.39. The molecular formula is C17H21NO4S. The van der Waals surface area contributed by atoms with Gasteiger partial charge in [-0.05, 0) is 32.0 Å². The van der Waals surface area contributed by atoms with E-state index in [9.17, 15) is 8.42 Å². The van der Waals surface area contributed by atoms with Crippen LogP contribution in [0.1, 0.15) is 24.1 Å². The van der Waals surface area contributed by atoms with Gasteiger partial charge in [0.25, 0.3) is 0 Å². The van der Waals surface area contributed by atoms with Crippen LogP contribution in [0.4, 0.5) is 0 Å². The number of hydrogen-bond acceptors (Lipinski definition) is 4. The number of sulfonamides is 1. The molecule has 5 nitrogen and oxygen atoms in total. The highest BCUT2D eigenvalue weighted by Gasteiger charge is 2.23. The Morgan fingerprint density at radius 1 is 1.00 bits per heavy atom. The molecule has 0 aromatic heterocycles. The number of benzene rings is 2. The number of hydrogen-bond donors (Lipinski definition) is 1. The van der Waals surface area contributed by atoms with Crippen LogP contribution in [-0.2, 0) is 10.0 Å². The lowest BCUT2D eigenvalue weighted by atomic mass is 10.1. The van der Waals surface area contributed by atoms with E-state index in [0.29, 0.717) is 11.5 Å². The summed E-state index contributed by atoms with van der Waals surface area (Å²) < 4.78 is 38.4. The Labute approximate surface area is 137 Å². The Kier molecular flexibility index (Phi) is 5.28. The van der Waals surface area contributed by atoms with Crippen molar-refractivity contribution >= 4 is 10.0 Å². The van der Waals surface area contributed by atoms with Crippen molar-refractivity contribution in [3.05, 3.63) is 53.6 Å². The van der Waals surface area contributed by atoms with E-state index in [1.54, 1.807) is 32.2 Å². The number of nitrogens with one attached hydrogen (secondary N) is 1. The van der Waals surface area contributed by atoms with E-state index >= 15 is 0 Å². The number of aryl methyl sites for hydroxylation is 1. The van der Waals surface area contributed by atoms with Gasteiger partial charge < -0.3 is 9.47 Å². The first kappa shape index (κ1) is 17.3. The third-order valence-corrected chi connectivity index (χ3v) is 5.12. The number of para-hydroxylation sites is 1. The highest BCUT2D eigenvalue weighted by molar-refractivity contribution is 7.89. The zero-order valence-corrected chi connectivity index (χ0v) is 14.5. The molecule has 0 fully saturated rings. The third-order valence-electron chi connectivity index (χ3n) is 3.54. The summed E-state index contributed by atoms with van der Waals surface area (Å²) in [5, 5.41) is 0. The van der Waals surface area contributed by atoms with E-state index in [0.717, 1.165) is 11.1 Å². The molecule has 2 aromatic rings. The molecule has 0 amide bonds. The predicted molar refractivity (Wildman–Crippen MR) is 89.5 cm³/mol. The third kappa shape index (κ3) is 3.83. The summed E-state index contributed by atoms with van der Waals surface area (Å²) in [6.07, 6.45) is 0. The van der Waals surface area contributed by atoms with E-state index in [-0.39, 0.29) is 4.90 Å². The minimum atomic E-state index is -3.72. The van der Waals surface area contributed by atoms with E-state index in [1.807, 2.05) is 25.1 Å². The van der Waals surface area contributed by atoms with Gasteiger partial charge in [0, 0.05) is 11.6 Å². The van der Waals surface area contributed by atoms with Crippen LogP contribution < -0.4 is 14.2 Å². The van der Waals surface area contributed by atoms with Crippen LogP contribution in [-0.4, -0.2) is 22.6 Å². The van der Waals surface area contributed by atoms with Crippen molar-refractivity contribution in [3.8, 4) is 11.5 Å². The Bertz CT molecular complexity index is 787. The minimum Gasteiger partial charge on any atom is -0.496 e. The molecule has 0 saturated carbocycles. The minimum absolute atomic E-state index is 0.112. The Balaban J connectivity index is 2.36. The zero-order chi connectivity index (χ0) is 17.0. The Morgan fingerprint density at radius 3 is 2.30 bits per heavy atom. The van der Waals surface area contributed by atoms with E-state index in [2.05, 4.69) is 4.72 Å². The molecule has 1 N–H and O–H groups in total. The quantitative estimate of drug-likeness (QED) is 0.881. The van der Waals surface area contributed by atoms with Gasteiger partial charge in [-0.3, -0.25) is 0 Å². The average molecular weight is 335 g/mol. The molecule has 0 aliphatic heterocycles. The summed E-state index contributed by atoms with van der Waals surface area (Å²) in [5.41, 5.74) is 1.81. The van der Waals surface area contributed by atoms with Crippen molar-refractivity contribution in [1.82, 2.24) is 4.72 Å². The highest BCUT2D eigenvalue weighted by Crippen LogP contribution is 2.29. The molecule has 6 heteroatoms. The van der Waals surface area contributed by atoms with Crippen molar-refractivity contribution < 1.29 is 17.9 Å². The maximum atomic E-state index is 12.6. The molecule has 2 aromatic carbocycles.